The Morgan fingerprint density at radius 2 is 2.12 bits per heavy atom. The van der Waals surface area contributed by atoms with Crippen molar-refractivity contribution in [2.75, 3.05) is 13.6 Å². The van der Waals surface area contributed by atoms with Crippen LogP contribution in [0, 0.1) is 6.92 Å². The van der Waals surface area contributed by atoms with E-state index in [0.29, 0.717) is 6.54 Å². The van der Waals surface area contributed by atoms with Gasteiger partial charge in [-0.2, -0.15) is 0 Å². The van der Waals surface area contributed by atoms with Gasteiger partial charge in [0.25, 0.3) is 0 Å². The van der Waals surface area contributed by atoms with Crippen LogP contribution in [0.1, 0.15) is 30.1 Å². The normalized spacial score (nSPS) is 11.2. The number of hydrogen-bond acceptors (Lipinski definition) is 4. The summed E-state index contributed by atoms with van der Waals surface area (Å²) < 4.78 is 5.72. The summed E-state index contributed by atoms with van der Waals surface area (Å²) >= 11 is 1.69. The van der Waals surface area contributed by atoms with E-state index in [9.17, 15) is 0 Å². The highest BCUT2D eigenvalue weighted by molar-refractivity contribution is 14.0. The van der Waals surface area contributed by atoms with Crippen molar-refractivity contribution in [3.63, 3.8) is 0 Å². The fourth-order valence-corrected chi connectivity index (χ4v) is 2.89. The number of aromatic nitrogens is 1. The lowest BCUT2D eigenvalue weighted by Crippen LogP contribution is -2.37. The Balaban J connectivity index is 0.00000312. The van der Waals surface area contributed by atoms with Crippen molar-refractivity contribution in [1.82, 2.24) is 15.6 Å². The van der Waals surface area contributed by atoms with Crippen LogP contribution in [-0.2, 0) is 13.0 Å². The molecule has 0 aliphatic rings. The van der Waals surface area contributed by atoms with Crippen molar-refractivity contribution < 1.29 is 4.74 Å². The summed E-state index contributed by atoms with van der Waals surface area (Å²) in [6, 6.07) is 8.12. The fourth-order valence-electron chi connectivity index (χ4n) is 2.24. The number of nitrogens with zero attached hydrogens (tertiary/aromatic N) is 2. The highest BCUT2D eigenvalue weighted by Gasteiger charge is 2.03. The zero-order valence-electron chi connectivity index (χ0n) is 15.2. The van der Waals surface area contributed by atoms with Crippen LogP contribution in [0.25, 0.3) is 0 Å². The molecule has 1 heterocycles. The van der Waals surface area contributed by atoms with Gasteiger partial charge in [0.2, 0.25) is 0 Å². The molecule has 25 heavy (non-hydrogen) atoms. The maximum atomic E-state index is 5.72. The van der Waals surface area contributed by atoms with Gasteiger partial charge >= 0.3 is 0 Å². The maximum absolute atomic E-state index is 5.72. The number of guanidine groups is 1. The molecule has 0 aliphatic carbocycles. The second-order valence-corrected chi connectivity index (χ2v) is 6.84. The second-order valence-electron chi connectivity index (χ2n) is 5.77. The second kappa shape index (κ2) is 11.3. The smallest absolute Gasteiger partial charge is 0.191 e. The van der Waals surface area contributed by atoms with Crippen molar-refractivity contribution in [3.8, 4) is 5.75 Å². The molecule has 1 aromatic carbocycles. The predicted molar refractivity (Wildman–Crippen MR) is 116 cm³/mol. The first-order chi connectivity index (χ1) is 11.6. The highest BCUT2D eigenvalue weighted by Crippen LogP contribution is 2.14. The van der Waals surface area contributed by atoms with Crippen LogP contribution in [0.4, 0.5) is 0 Å². The summed E-state index contributed by atoms with van der Waals surface area (Å²) in [7, 11) is 1.78. The zero-order chi connectivity index (χ0) is 17.4. The SMILES string of the molecule is CN=C(NCCc1csc(C)n1)NCc1cccc(OC(C)C)c1.I. The molecular weight excluding hydrogens is 447 g/mol. The molecule has 0 saturated heterocycles. The van der Waals surface area contributed by atoms with Gasteiger partial charge in [0.15, 0.2) is 5.96 Å². The molecule has 0 saturated carbocycles. The Morgan fingerprint density at radius 3 is 2.76 bits per heavy atom. The Morgan fingerprint density at radius 1 is 1.32 bits per heavy atom. The standard InChI is InChI=1S/C18H26N4OS.HI/c1-13(2)23-17-7-5-6-15(10-17)11-21-18(19-4)20-9-8-16-12-24-14(3)22-16;/h5-7,10,12-13H,8-9,11H2,1-4H3,(H2,19,20,21);1H. The van der Waals surface area contributed by atoms with E-state index in [1.54, 1.807) is 18.4 Å². The van der Waals surface area contributed by atoms with E-state index in [0.717, 1.165) is 40.9 Å². The van der Waals surface area contributed by atoms with Crippen molar-refractivity contribution in [2.45, 2.75) is 39.8 Å². The zero-order valence-corrected chi connectivity index (χ0v) is 18.4. The number of aryl methyl sites for hydroxylation is 1. The summed E-state index contributed by atoms with van der Waals surface area (Å²) in [5, 5.41) is 9.85. The number of benzene rings is 1. The molecular formula is C18H27IN4OS. The minimum atomic E-state index is 0. The Hall–Kier alpha value is -1.35. The average molecular weight is 474 g/mol. The van der Waals surface area contributed by atoms with E-state index >= 15 is 0 Å². The van der Waals surface area contributed by atoms with E-state index in [-0.39, 0.29) is 30.1 Å². The van der Waals surface area contributed by atoms with Crippen LogP contribution in [0.3, 0.4) is 0 Å². The van der Waals surface area contributed by atoms with Gasteiger partial charge in [0, 0.05) is 31.9 Å². The van der Waals surface area contributed by atoms with Gasteiger partial charge in [-0.05, 0) is 38.5 Å². The van der Waals surface area contributed by atoms with Crippen molar-refractivity contribution in [1.29, 1.82) is 0 Å². The number of aliphatic imine (C=N–C) groups is 1. The number of halogens is 1. The molecule has 0 fully saturated rings. The predicted octanol–water partition coefficient (Wildman–Crippen LogP) is 3.76. The summed E-state index contributed by atoms with van der Waals surface area (Å²) in [6.45, 7) is 7.59. The molecule has 0 amide bonds. The lowest BCUT2D eigenvalue weighted by Gasteiger charge is -2.13. The summed E-state index contributed by atoms with van der Waals surface area (Å²) in [4.78, 5) is 8.72. The molecule has 2 rings (SSSR count). The molecule has 0 atom stereocenters. The third kappa shape index (κ3) is 8.04. The van der Waals surface area contributed by atoms with E-state index in [1.165, 1.54) is 0 Å². The summed E-state index contributed by atoms with van der Waals surface area (Å²) in [6.07, 6.45) is 1.07. The lowest BCUT2D eigenvalue weighted by atomic mass is 10.2. The Bertz CT molecular complexity index is 673. The average Bonchev–Trinajstić information content (AvgIpc) is 2.96. The molecule has 0 aliphatic heterocycles. The first-order valence-electron chi connectivity index (χ1n) is 8.18. The molecule has 0 spiro atoms. The van der Waals surface area contributed by atoms with Gasteiger partial charge in [-0.15, -0.1) is 35.3 Å². The van der Waals surface area contributed by atoms with Crippen LogP contribution in [-0.4, -0.2) is 30.6 Å². The van der Waals surface area contributed by atoms with Gasteiger partial charge in [-0.3, -0.25) is 4.99 Å². The van der Waals surface area contributed by atoms with Gasteiger partial charge < -0.3 is 15.4 Å². The molecule has 2 N–H and O–H groups in total. The van der Waals surface area contributed by atoms with Crippen LogP contribution in [0.15, 0.2) is 34.6 Å². The lowest BCUT2D eigenvalue weighted by molar-refractivity contribution is 0.242. The van der Waals surface area contributed by atoms with Crippen LogP contribution in [0.2, 0.25) is 0 Å². The fraction of sp³-hybridized carbons (Fsp3) is 0.444. The number of ether oxygens (including phenoxy) is 1. The van der Waals surface area contributed by atoms with E-state index in [2.05, 4.69) is 38.1 Å². The summed E-state index contributed by atoms with van der Waals surface area (Å²) in [5.74, 6) is 1.68. The van der Waals surface area contributed by atoms with E-state index < -0.39 is 0 Å². The van der Waals surface area contributed by atoms with Gasteiger partial charge in [-0.1, -0.05) is 12.1 Å². The molecule has 5 nitrogen and oxygen atoms in total. The molecule has 1 aromatic heterocycles. The van der Waals surface area contributed by atoms with Crippen LogP contribution < -0.4 is 15.4 Å². The van der Waals surface area contributed by atoms with Crippen LogP contribution in [0.5, 0.6) is 5.75 Å². The van der Waals surface area contributed by atoms with Gasteiger partial charge in [-0.25, -0.2) is 4.98 Å². The van der Waals surface area contributed by atoms with Crippen LogP contribution >= 0.6 is 35.3 Å². The number of nitrogens with one attached hydrogen (secondary N) is 2. The van der Waals surface area contributed by atoms with Gasteiger partial charge in [0.05, 0.1) is 16.8 Å². The van der Waals surface area contributed by atoms with E-state index in [1.807, 2.05) is 32.9 Å². The number of thiazole rings is 1. The first-order valence-corrected chi connectivity index (χ1v) is 9.06. The van der Waals surface area contributed by atoms with E-state index in [4.69, 9.17) is 4.74 Å². The number of hydrogen-bond donors (Lipinski definition) is 2. The monoisotopic (exact) mass is 474 g/mol. The highest BCUT2D eigenvalue weighted by atomic mass is 127. The van der Waals surface area contributed by atoms with Crippen molar-refractivity contribution >= 4 is 41.3 Å². The Labute approximate surface area is 171 Å². The molecule has 138 valence electrons. The molecule has 2 aromatic rings. The molecule has 7 heteroatoms. The third-order valence-corrected chi connectivity index (χ3v) is 4.12. The first kappa shape index (κ1) is 21.7. The topological polar surface area (TPSA) is 58.5 Å². The molecule has 0 radical (unpaired) electrons. The van der Waals surface area contributed by atoms with Crippen molar-refractivity contribution in [3.05, 3.63) is 45.9 Å². The number of rotatable bonds is 7. The van der Waals surface area contributed by atoms with Crippen molar-refractivity contribution in [2.24, 2.45) is 4.99 Å². The minimum Gasteiger partial charge on any atom is -0.491 e. The third-order valence-electron chi connectivity index (χ3n) is 3.29. The molecule has 0 bridgehead atoms. The quantitative estimate of drug-likeness (QED) is 0.365. The maximum Gasteiger partial charge on any atom is 0.191 e. The summed E-state index contributed by atoms with van der Waals surface area (Å²) in [5.41, 5.74) is 2.28. The Kier molecular flexibility index (Phi) is 9.81. The van der Waals surface area contributed by atoms with Gasteiger partial charge in [0.1, 0.15) is 5.75 Å². The molecule has 0 unspecified atom stereocenters. The minimum absolute atomic E-state index is 0. The largest absolute Gasteiger partial charge is 0.491 e.